The first kappa shape index (κ1) is 17.1. The minimum atomic E-state index is -0.409. The van der Waals surface area contributed by atoms with Crippen LogP contribution in [-0.2, 0) is 6.54 Å². The number of halogens is 1. The van der Waals surface area contributed by atoms with Crippen molar-refractivity contribution in [3.05, 3.63) is 65.0 Å². The Hall–Kier alpha value is -2.73. The molecule has 6 heteroatoms. The summed E-state index contributed by atoms with van der Waals surface area (Å²) in [5.74, 6) is -0.722. The first-order chi connectivity index (χ1) is 12.0. The van der Waals surface area contributed by atoms with Crippen LogP contribution in [0, 0.1) is 5.82 Å². The second-order valence-electron chi connectivity index (χ2n) is 6.01. The Balaban J connectivity index is 1.60. The average molecular weight is 342 g/mol. The van der Waals surface area contributed by atoms with Gasteiger partial charge in [0.25, 0.3) is 11.8 Å². The fourth-order valence-electron chi connectivity index (χ4n) is 2.91. The summed E-state index contributed by atoms with van der Waals surface area (Å²) in [6, 6.07) is 11.6. The van der Waals surface area contributed by atoms with E-state index in [0.717, 1.165) is 5.56 Å². The number of fused-ring (bicyclic) bond motifs is 1. The number of imide groups is 1. The SMILES string of the molecule is COc1ccc(CN(C)CCN2C(=O)c3ccccc3C2=O)cc1F. The summed E-state index contributed by atoms with van der Waals surface area (Å²) in [7, 11) is 3.28. The molecular weight excluding hydrogens is 323 g/mol. The van der Waals surface area contributed by atoms with Crippen LogP contribution in [0.1, 0.15) is 26.3 Å². The van der Waals surface area contributed by atoms with Gasteiger partial charge < -0.3 is 9.64 Å². The molecule has 1 aliphatic heterocycles. The molecule has 0 fully saturated rings. The van der Waals surface area contributed by atoms with Crippen LogP contribution < -0.4 is 4.74 Å². The number of likely N-dealkylation sites (N-methyl/N-ethyl adjacent to an activating group) is 1. The fraction of sp³-hybridized carbons (Fsp3) is 0.263. The molecule has 2 amide bonds. The topological polar surface area (TPSA) is 49.9 Å². The Morgan fingerprint density at radius 3 is 2.28 bits per heavy atom. The summed E-state index contributed by atoms with van der Waals surface area (Å²) in [6.45, 7) is 1.30. The van der Waals surface area contributed by atoms with Gasteiger partial charge in [0.05, 0.1) is 18.2 Å². The first-order valence-electron chi connectivity index (χ1n) is 7.97. The number of amides is 2. The van der Waals surface area contributed by atoms with Crippen LogP contribution in [0.5, 0.6) is 5.75 Å². The molecule has 130 valence electrons. The van der Waals surface area contributed by atoms with Gasteiger partial charge >= 0.3 is 0 Å². The monoisotopic (exact) mass is 342 g/mol. The van der Waals surface area contributed by atoms with Crippen LogP contribution in [0.3, 0.4) is 0 Å². The number of carbonyl (C=O) groups is 2. The lowest BCUT2D eigenvalue weighted by molar-refractivity contribution is 0.0640. The average Bonchev–Trinajstić information content (AvgIpc) is 2.85. The third-order valence-corrected chi connectivity index (χ3v) is 4.25. The molecule has 2 aromatic rings. The molecule has 2 aromatic carbocycles. The highest BCUT2D eigenvalue weighted by Crippen LogP contribution is 2.22. The van der Waals surface area contributed by atoms with E-state index in [1.54, 1.807) is 36.4 Å². The molecule has 0 atom stereocenters. The molecule has 0 unspecified atom stereocenters. The number of benzene rings is 2. The molecule has 1 aliphatic rings. The summed E-state index contributed by atoms with van der Waals surface area (Å²) >= 11 is 0. The second-order valence-corrected chi connectivity index (χ2v) is 6.01. The van der Waals surface area contributed by atoms with Gasteiger partial charge in [0.2, 0.25) is 0 Å². The first-order valence-corrected chi connectivity index (χ1v) is 7.97. The van der Waals surface area contributed by atoms with Gasteiger partial charge in [0.15, 0.2) is 11.6 Å². The number of nitrogens with zero attached hydrogens (tertiary/aromatic N) is 2. The lowest BCUT2D eigenvalue weighted by Crippen LogP contribution is -2.36. The maximum Gasteiger partial charge on any atom is 0.261 e. The fourth-order valence-corrected chi connectivity index (χ4v) is 2.91. The zero-order chi connectivity index (χ0) is 18.0. The van der Waals surface area contributed by atoms with E-state index in [2.05, 4.69) is 0 Å². The zero-order valence-electron chi connectivity index (χ0n) is 14.2. The standard InChI is InChI=1S/C19H19FN2O3/c1-21(12-13-7-8-17(25-2)16(20)11-13)9-10-22-18(23)14-5-3-4-6-15(14)19(22)24/h3-8,11H,9-10,12H2,1-2H3. The maximum absolute atomic E-state index is 13.7. The van der Waals surface area contributed by atoms with Crippen molar-refractivity contribution >= 4 is 11.8 Å². The molecule has 0 N–H and O–H groups in total. The van der Waals surface area contributed by atoms with Crippen LogP contribution in [0.4, 0.5) is 4.39 Å². The molecule has 0 saturated carbocycles. The molecule has 0 aliphatic carbocycles. The molecule has 0 saturated heterocycles. The Morgan fingerprint density at radius 1 is 1.08 bits per heavy atom. The van der Waals surface area contributed by atoms with Gasteiger partial charge in [-0.3, -0.25) is 14.5 Å². The van der Waals surface area contributed by atoms with E-state index < -0.39 is 5.82 Å². The summed E-state index contributed by atoms with van der Waals surface area (Å²) < 4.78 is 18.6. The van der Waals surface area contributed by atoms with E-state index in [9.17, 15) is 14.0 Å². The molecule has 0 spiro atoms. The van der Waals surface area contributed by atoms with Gasteiger partial charge in [0.1, 0.15) is 0 Å². The maximum atomic E-state index is 13.7. The van der Waals surface area contributed by atoms with Crippen molar-refractivity contribution < 1.29 is 18.7 Å². The van der Waals surface area contributed by atoms with Crippen LogP contribution >= 0.6 is 0 Å². The number of carbonyl (C=O) groups excluding carboxylic acids is 2. The van der Waals surface area contributed by atoms with Crippen molar-refractivity contribution in [2.24, 2.45) is 0 Å². The Labute approximate surface area is 145 Å². The molecule has 3 rings (SSSR count). The number of hydrogen-bond acceptors (Lipinski definition) is 4. The Morgan fingerprint density at radius 2 is 1.72 bits per heavy atom. The highest BCUT2D eigenvalue weighted by Gasteiger charge is 2.34. The van der Waals surface area contributed by atoms with Gasteiger partial charge in [-0.15, -0.1) is 0 Å². The van der Waals surface area contributed by atoms with Crippen LogP contribution in [0.15, 0.2) is 42.5 Å². The van der Waals surface area contributed by atoms with Crippen LogP contribution in [-0.4, -0.2) is 48.9 Å². The van der Waals surface area contributed by atoms with Gasteiger partial charge in [0, 0.05) is 19.6 Å². The van der Waals surface area contributed by atoms with Crippen molar-refractivity contribution in [2.45, 2.75) is 6.54 Å². The molecule has 0 bridgehead atoms. The Kier molecular flexibility index (Phi) is 4.81. The Bertz CT molecular complexity index is 787. The second kappa shape index (κ2) is 7.03. The highest BCUT2D eigenvalue weighted by atomic mass is 19.1. The van der Waals surface area contributed by atoms with Crippen molar-refractivity contribution in [3.63, 3.8) is 0 Å². The smallest absolute Gasteiger partial charge is 0.261 e. The number of methoxy groups -OCH3 is 1. The minimum Gasteiger partial charge on any atom is -0.494 e. The number of hydrogen-bond donors (Lipinski definition) is 0. The summed E-state index contributed by atoms with van der Waals surface area (Å²) in [5, 5.41) is 0. The van der Waals surface area contributed by atoms with Crippen LogP contribution in [0.2, 0.25) is 0 Å². The van der Waals surface area contributed by atoms with E-state index in [1.165, 1.54) is 18.1 Å². The number of ether oxygens (including phenoxy) is 1. The predicted molar refractivity (Wildman–Crippen MR) is 91.1 cm³/mol. The van der Waals surface area contributed by atoms with Crippen molar-refractivity contribution in [2.75, 3.05) is 27.2 Å². The van der Waals surface area contributed by atoms with Crippen LogP contribution in [0.25, 0.3) is 0 Å². The van der Waals surface area contributed by atoms with Gasteiger partial charge in [-0.25, -0.2) is 4.39 Å². The van der Waals surface area contributed by atoms with Crippen molar-refractivity contribution in [1.29, 1.82) is 0 Å². The lowest BCUT2D eigenvalue weighted by Gasteiger charge is -2.21. The van der Waals surface area contributed by atoms with E-state index in [4.69, 9.17) is 4.74 Å². The number of rotatable bonds is 6. The highest BCUT2D eigenvalue weighted by molar-refractivity contribution is 6.21. The van der Waals surface area contributed by atoms with Gasteiger partial charge in [-0.05, 0) is 36.9 Å². The molecule has 25 heavy (non-hydrogen) atoms. The largest absolute Gasteiger partial charge is 0.494 e. The zero-order valence-corrected chi connectivity index (χ0v) is 14.2. The predicted octanol–water partition coefficient (Wildman–Crippen LogP) is 2.56. The van der Waals surface area contributed by atoms with Crippen molar-refractivity contribution in [3.8, 4) is 5.75 Å². The third-order valence-electron chi connectivity index (χ3n) is 4.25. The third kappa shape index (κ3) is 3.39. The van der Waals surface area contributed by atoms with Crippen molar-refractivity contribution in [1.82, 2.24) is 9.80 Å². The molecular formula is C19H19FN2O3. The summed E-state index contributed by atoms with van der Waals surface area (Å²) in [5.41, 5.74) is 1.70. The molecule has 5 nitrogen and oxygen atoms in total. The lowest BCUT2D eigenvalue weighted by atomic mass is 10.1. The normalized spacial score (nSPS) is 13.5. The molecule has 1 heterocycles. The summed E-state index contributed by atoms with van der Waals surface area (Å²) in [4.78, 5) is 27.8. The minimum absolute atomic E-state index is 0.206. The van der Waals surface area contributed by atoms with E-state index in [1.807, 2.05) is 11.9 Å². The van der Waals surface area contributed by atoms with Gasteiger partial charge in [-0.2, -0.15) is 0 Å². The van der Waals surface area contributed by atoms with E-state index in [0.29, 0.717) is 30.8 Å². The van der Waals surface area contributed by atoms with E-state index in [-0.39, 0.29) is 17.6 Å². The van der Waals surface area contributed by atoms with Gasteiger partial charge in [-0.1, -0.05) is 18.2 Å². The molecule has 0 radical (unpaired) electrons. The molecule has 0 aromatic heterocycles. The summed E-state index contributed by atoms with van der Waals surface area (Å²) in [6.07, 6.45) is 0. The quantitative estimate of drug-likeness (QED) is 0.757. The van der Waals surface area contributed by atoms with E-state index >= 15 is 0 Å².